The van der Waals surface area contributed by atoms with Gasteiger partial charge in [-0.25, -0.2) is 16.9 Å². The summed E-state index contributed by atoms with van der Waals surface area (Å²) in [6.45, 7) is 3.50. The van der Waals surface area contributed by atoms with Gasteiger partial charge in [-0.3, -0.25) is 0 Å². The van der Waals surface area contributed by atoms with E-state index >= 15 is 0 Å². The minimum atomic E-state index is 0. The fraction of sp³-hybridized carbons (Fsp3) is 0.333. The summed E-state index contributed by atoms with van der Waals surface area (Å²) in [5.74, 6) is 0.264. The van der Waals surface area contributed by atoms with Crippen molar-refractivity contribution in [1.82, 2.24) is 0 Å². The predicted octanol–water partition coefficient (Wildman–Crippen LogP) is 1.22. The van der Waals surface area contributed by atoms with E-state index in [9.17, 15) is 0 Å². The van der Waals surface area contributed by atoms with Crippen LogP contribution in [-0.2, 0) is 16.8 Å². The Labute approximate surface area is 65.7 Å². The molecule has 0 atom stereocenters. The number of nitriles is 2. The first kappa shape index (κ1) is 11.2. The van der Waals surface area contributed by atoms with Crippen LogP contribution < -0.4 is 0 Å². The summed E-state index contributed by atoms with van der Waals surface area (Å²) >= 11 is 0. The molecule has 2 nitrogen and oxygen atoms in total. The third-order valence-electron chi connectivity index (χ3n) is 0.697. The maximum Gasteiger partial charge on any atom is 2.00 e. The van der Waals surface area contributed by atoms with E-state index in [0.29, 0.717) is 12.8 Å². The normalized spacial score (nSPS) is 6.11. The molecule has 0 aliphatic rings. The first-order valence-electron chi connectivity index (χ1n) is 2.30. The summed E-state index contributed by atoms with van der Waals surface area (Å²) in [6, 6.07) is 3.54. The fourth-order valence-electron chi connectivity index (χ4n) is 0.314. The van der Waals surface area contributed by atoms with E-state index in [1.807, 2.05) is 0 Å². The molecule has 0 heterocycles. The van der Waals surface area contributed by atoms with Gasteiger partial charge in [-0.05, 0) is 0 Å². The van der Waals surface area contributed by atoms with Crippen molar-refractivity contribution < 1.29 is 16.8 Å². The van der Waals surface area contributed by atoms with Crippen LogP contribution in [0.25, 0.3) is 0 Å². The first-order valence-corrected chi connectivity index (χ1v) is 2.30. The van der Waals surface area contributed by atoms with Crippen LogP contribution in [0.2, 0.25) is 0 Å². The van der Waals surface area contributed by atoms with E-state index in [2.05, 4.69) is 6.92 Å². The van der Waals surface area contributed by atoms with Crippen LogP contribution in [0.5, 0.6) is 0 Å². The third-order valence-corrected chi connectivity index (χ3v) is 0.697. The van der Waals surface area contributed by atoms with Crippen LogP contribution in [0, 0.1) is 35.5 Å². The van der Waals surface area contributed by atoms with E-state index in [0.717, 1.165) is 0 Å². The van der Waals surface area contributed by atoms with Crippen LogP contribution in [0.4, 0.5) is 0 Å². The van der Waals surface area contributed by atoms with Crippen molar-refractivity contribution in [2.45, 2.75) is 12.8 Å². The van der Waals surface area contributed by atoms with Gasteiger partial charge in [0.1, 0.15) is 0 Å². The van der Waals surface area contributed by atoms with Crippen molar-refractivity contribution in [2.75, 3.05) is 0 Å². The van der Waals surface area contributed by atoms with E-state index in [-0.39, 0.29) is 22.7 Å². The molecule has 0 aliphatic carbocycles. The Morgan fingerprint density at radius 2 is 1.78 bits per heavy atom. The molecule has 0 spiro atoms. The number of rotatable bonds is 2. The largest absolute Gasteiger partial charge is 2.00 e. The van der Waals surface area contributed by atoms with Gasteiger partial charge in [0, 0.05) is 0 Å². The topological polar surface area (TPSA) is 47.6 Å². The van der Waals surface area contributed by atoms with Gasteiger partial charge in [0.25, 0.3) is 0 Å². The van der Waals surface area contributed by atoms with E-state index in [1.165, 1.54) is 0 Å². The molecule has 0 bridgehead atoms. The Balaban J connectivity index is 0. The van der Waals surface area contributed by atoms with Crippen molar-refractivity contribution in [3.63, 3.8) is 0 Å². The van der Waals surface area contributed by atoms with Gasteiger partial charge in [-0.2, -0.15) is 12.3 Å². The molecule has 0 unspecified atom stereocenters. The van der Waals surface area contributed by atoms with Crippen molar-refractivity contribution in [1.29, 1.82) is 10.5 Å². The Morgan fingerprint density at radius 1 is 1.33 bits per heavy atom. The summed E-state index contributed by atoms with van der Waals surface area (Å²) < 4.78 is 0. The van der Waals surface area contributed by atoms with Gasteiger partial charge < -0.3 is 6.92 Å². The van der Waals surface area contributed by atoms with Crippen molar-refractivity contribution in [3.05, 3.63) is 12.8 Å². The Hall–Kier alpha value is -0.644. The maximum absolute atomic E-state index is 8.12. The van der Waals surface area contributed by atoms with Gasteiger partial charge in [-0.1, -0.05) is 12.1 Å². The zero-order chi connectivity index (χ0) is 6.41. The molecule has 0 fully saturated rings. The average molecular weight is 165 g/mol. The summed E-state index contributed by atoms with van der Waals surface area (Å²) in [7, 11) is 0. The van der Waals surface area contributed by atoms with Gasteiger partial charge in [0.2, 0.25) is 0 Å². The number of nitrogens with zero attached hydrogens (tertiary/aromatic N) is 2. The van der Waals surface area contributed by atoms with Crippen molar-refractivity contribution in [3.8, 4) is 12.1 Å². The predicted molar refractivity (Wildman–Crippen MR) is 29.1 cm³/mol. The maximum atomic E-state index is 8.12. The number of hydrogen-bond acceptors (Lipinski definition) is 2. The second-order valence-corrected chi connectivity index (χ2v) is 1.31. The van der Waals surface area contributed by atoms with Crippen LogP contribution in [0.15, 0.2) is 0 Å². The molecule has 9 heavy (non-hydrogen) atoms. The molecule has 0 aromatic rings. The summed E-state index contributed by atoms with van der Waals surface area (Å²) in [5, 5.41) is 16.2. The second kappa shape index (κ2) is 7.36. The van der Waals surface area contributed by atoms with Crippen LogP contribution >= 0.6 is 0 Å². The average Bonchev–Trinajstić information content (AvgIpc) is 1.83. The summed E-state index contributed by atoms with van der Waals surface area (Å²) in [6.07, 6.45) is 1.13. The summed E-state index contributed by atoms with van der Waals surface area (Å²) in [5.41, 5.74) is 0. The van der Waals surface area contributed by atoms with Gasteiger partial charge in [0.05, 0.1) is 0 Å². The Bertz CT molecular complexity index is 117. The van der Waals surface area contributed by atoms with Crippen molar-refractivity contribution >= 4 is 0 Å². The summed E-state index contributed by atoms with van der Waals surface area (Å²) in [4.78, 5) is 0. The quantitative estimate of drug-likeness (QED) is 0.577. The van der Waals surface area contributed by atoms with Crippen LogP contribution in [-0.4, -0.2) is 0 Å². The van der Waals surface area contributed by atoms with Crippen LogP contribution in [0.1, 0.15) is 12.8 Å². The van der Waals surface area contributed by atoms with E-state index in [4.69, 9.17) is 10.5 Å². The van der Waals surface area contributed by atoms with Gasteiger partial charge >= 0.3 is 16.8 Å². The zero-order valence-corrected chi connectivity index (χ0v) is 5.89. The molecule has 3 heteroatoms. The molecule has 0 amide bonds. The molecule has 0 aromatic carbocycles. The molecule has 0 saturated carbocycles. The molecule has 0 saturated heterocycles. The Kier molecular flexibility index (Phi) is 9.15. The van der Waals surface area contributed by atoms with Gasteiger partial charge in [0.15, 0.2) is 0 Å². The smallest absolute Gasteiger partial charge is 0.345 e. The SMILES string of the molecule is [CH2-]CC[C-](C#N)C#N.[Co+2]. The standard InChI is InChI=1S/C6H6N2.Co/c1-2-3-6(4-7)5-8;/h1-3H2;/q-2;+2. The van der Waals surface area contributed by atoms with Crippen molar-refractivity contribution in [2.24, 2.45) is 0 Å². The molecular weight excluding hydrogens is 159 g/mol. The van der Waals surface area contributed by atoms with E-state index in [1.54, 1.807) is 12.1 Å². The molecule has 0 aliphatic heterocycles. The molecule has 49 valence electrons. The Morgan fingerprint density at radius 3 is 1.89 bits per heavy atom. The molecule has 0 rings (SSSR count). The fourth-order valence-corrected chi connectivity index (χ4v) is 0.314. The monoisotopic (exact) mass is 165 g/mol. The van der Waals surface area contributed by atoms with Crippen LogP contribution in [0.3, 0.4) is 0 Å². The minimum Gasteiger partial charge on any atom is -0.345 e. The number of hydrogen-bond donors (Lipinski definition) is 0. The van der Waals surface area contributed by atoms with Gasteiger partial charge in [-0.15, -0.1) is 0 Å². The third kappa shape index (κ3) is 5.22. The van der Waals surface area contributed by atoms with E-state index < -0.39 is 0 Å². The molecule has 0 aromatic heterocycles. The minimum absolute atomic E-state index is 0. The zero-order valence-electron chi connectivity index (χ0n) is 4.85. The molecule has 1 radical (unpaired) electrons. The molecular formula is C6H6CoN2. The molecule has 0 N–H and O–H groups in total. The second-order valence-electron chi connectivity index (χ2n) is 1.31. The first-order chi connectivity index (χ1) is 3.85.